The smallest absolute Gasteiger partial charge is 0.303 e. The fraction of sp³-hybridized carbons (Fsp3) is 0.800. The molecule has 1 unspecified atom stereocenters. The SMILES string of the molecule is O=C(O)CCCNC(=O)CC1CSCCN1. The Hall–Kier alpha value is -0.750. The quantitative estimate of drug-likeness (QED) is 0.578. The van der Waals surface area contributed by atoms with E-state index in [0.29, 0.717) is 19.4 Å². The summed E-state index contributed by atoms with van der Waals surface area (Å²) in [5, 5.41) is 14.4. The normalized spacial score (nSPS) is 20.4. The zero-order valence-corrected chi connectivity index (χ0v) is 10.0. The predicted octanol–water partition coefficient (Wildman–Crippen LogP) is 0.0625. The summed E-state index contributed by atoms with van der Waals surface area (Å²) in [6.45, 7) is 1.41. The van der Waals surface area contributed by atoms with Gasteiger partial charge in [-0.15, -0.1) is 0 Å². The van der Waals surface area contributed by atoms with Crippen molar-refractivity contribution in [3.05, 3.63) is 0 Å². The van der Waals surface area contributed by atoms with Crippen LogP contribution < -0.4 is 10.6 Å². The molecule has 5 nitrogen and oxygen atoms in total. The summed E-state index contributed by atoms with van der Waals surface area (Å²) in [6, 6.07) is 0.262. The van der Waals surface area contributed by atoms with E-state index in [1.165, 1.54) is 0 Å². The second-order valence-corrected chi connectivity index (χ2v) is 4.93. The second kappa shape index (κ2) is 7.51. The Bertz CT molecular complexity index is 242. The molecule has 1 aliphatic heterocycles. The lowest BCUT2D eigenvalue weighted by Crippen LogP contribution is -2.41. The number of hydrogen-bond acceptors (Lipinski definition) is 4. The minimum absolute atomic E-state index is 0.00499. The number of amides is 1. The lowest BCUT2D eigenvalue weighted by atomic mass is 10.2. The standard InChI is InChI=1S/C10H18N2O3S/c13-9(12-3-1-2-10(14)15)6-8-7-16-5-4-11-8/h8,11H,1-7H2,(H,12,13)(H,14,15). The topological polar surface area (TPSA) is 78.4 Å². The molecule has 6 heteroatoms. The number of carbonyl (C=O) groups is 2. The number of carboxylic acids is 1. The van der Waals surface area contributed by atoms with Gasteiger partial charge in [-0.3, -0.25) is 9.59 Å². The van der Waals surface area contributed by atoms with E-state index in [9.17, 15) is 9.59 Å². The molecule has 0 aliphatic carbocycles. The Morgan fingerprint density at radius 3 is 2.94 bits per heavy atom. The van der Waals surface area contributed by atoms with Gasteiger partial charge in [0, 0.05) is 43.5 Å². The van der Waals surface area contributed by atoms with Crippen LogP contribution in [0.2, 0.25) is 0 Å². The van der Waals surface area contributed by atoms with Crippen LogP contribution in [-0.2, 0) is 9.59 Å². The van der Waals surface area contributed by atoms with Crippen molar-refractivity contribution in [2.75, 3.05) is 24.6 Å². The van der Waals surface area contributed by atoms with E-state index in [0.717, 1.165) is 18.1 Å². The Morgan fingerprint density at radius 1 is 1.50 bits per heavy atom. The van der Waals surface area contributed by atoms with E-state index < -0.39 is 5.97 Å². The van der Waals surface area contributed by atoms with Crippen molar-refractivity contribution < 1.29 is 14.7 Å². The average Bonchev–Trinajstić information content (AvgIpc) is 2.25. The lowest BCUT2D eigenvalue weighted by molar-refractivity contribution is -0.137. The van der Waals surface area contributed by atoms with Crippen LogP contribution in [0.1, 0.15) is 19.3 Å². The van der Waals surface area contributed by atoms with Crippen molar-refractivity contribution in [2.24, 2.45) is 0 Å². The van der Waals surface area contributed by atoms with Crippen LogP contribution in [0.5, 0.6) is 0 Å². The van der Waals surface area contributed by atoms with Gasteiger partial charge in [-0.25, -0.2) is 0 Å². The van der Waals surface area contributed by atoms with Gasteiger partial charge in [-0.2, -0.15) is 11.8 Å². The van der Waals surface area contributed by atoms with Gasteiger partial charge in [0.05, 0.1) is 0 Å². The molecule has 1 fully saturated rings. The van der Waals surface area contributed by atoms with Gasteiger partial charge in [0.2, 0.25) is 5.91 Å². The first-order chi connectivity index (χ1) is 7.68. The van der Waals surface area contributed by atoms with Gasteiger partial charge >= 0.3 is 5.97 Å². The Morgan fingerprint density at radius 2 is 2.31 bits per heavy atom. The fourth-order valence-corrected chi connectivity index (χ4v) is 2.46. The van der Waals surface area contributed by atoms with Crippen molar-refractivity contribution in [3.8, 4) is 0 Å². The van der Waals surface area contributed by atoms with E-state index in [-0.39, 0.29) is 18.4 Å². The molecule has 1 amide bonds. The second-order valence-electron chi connectivity index (χ2n) is 3.78. The monoisotopic (exact) mass is 246 g/mol. The number of rotatable bonds is 6. The van der Waals surface area contributed by atoms with Crippen LogP contribution in [0.3, 0.4) is 0 Å². The van der Waals surface area contributed by atoms with Gasteiger partial charge in [0.25, 0.3) is 0 Å². The van der Waals surface area contributed by atoms with Crippen LogP contribution in [-0.4, -0.2) is 47.6 Å². The minimum Gasteiger partial charge on any atom is -0.481 e. The first kappa shape index (κ1) is 13.3. The molecule has 16 heavy (non-hydrogen) atoms. The summed E-state index contributed by atoms with van der Waals surface area (Å²) in [5.41, 5.74) is 0. The van der Waals surface area contributed by atoms with Crippen LogP contribution >= 0.6 is 11.8 Å². The molecule has 1 atom stereocenters. The van der Waals surface area contributed by atoms with Crippen molar-refractivity contribution in [1.29, 1.82) is 0 Å². The van der Waals surface area contributed by atoms with Crippen LogP contribution in [0, 0.1) is 0 Å². The van der Waals surface area contributed by atoms with Gasteiger partial charge in [0.1, 0.15) is 0 Å². The fourth-order valence-electron chi connectivity index (χ4n) is 1.51. The third-order valence-electron chi connectivity index (χ3n) is 2.32. The number of hydrogen-bond donors (Lipinski definition) is 3. The van der Waals surface area contributed by atoms with Gasteiger partial charge in [-0.05, 0) is 6.42 Å². The number of carboxylic acid groups (broad SMARTS) is 1. The Labute approximate surface area is 99.4 Å². The summed E-state index contributed by atoms with van der Waals surface area (Å²) in [4.78, 5) is 21.7. The zero-order chi connectivity index (χ0) is 11.8. The van der Waals surface area contributed by atoms with Crippen molar-refractivity contribution in [1.82, 2.24) is 10.6 Å². The molecule has 0 aromatic heterocycles. The molecule has 0 bridgehead atoms. The summed E-state index contributed by atoms with van der Waals surface area (Å²) >= 11 is 1.86. The number of aliphatic carboxylic acids is 1. The average molecular weight is 246 g/mol. The lowest BCUT2D eigenvalue weighted by Gasteiger charge is -2.22. The molecule has 0 aromatic rings. The highest BCUT2D eigenvalue weighted by Crippen LogP contribution is 2.09. The largest absolute Gasteiger partial charge is 0.481 e. The van der Waals surface area contributed by atoms with E-state index in [1.54, 1.807) is 0 Å². The third kappa shape index (κ3) is 5.97. The highest BCUT2D eigenvalue weighted by Gasteiger charge is 2.16. The summed E-state index contributed by atoms with van der Waals surface area (Å²) in [5.74, 6) is 1.27. The Kier molecular flexibility index (Phi) is 6.25. The van der Waals surface area contributed by atoms with Gasteiger partial charge in [0.15, 0.2) is 0 Å². The van der Waals surface area contributed by atoms with Crippen LogP contribution in [0.25, 0.3) is 0 Å². The molecule has 0 radical (unpaired) electrons. The van der Waals surface area contributed by atoms with E-state index in [4.69, 9.17) is 5.11 Å². The van der Waals surface area contributed by atoms with E-state index in [2.05, 4.69) is 10.6 Å². The molecule has 1 heterocycles. The number of nitrogens with one attached hydrogen (secondary N) is 2. The Balaban J connectivity index is 2.03. The summed E-state index contributed by atoms with van der Waals surface area (Å²) in [6.07, 6.45) is 1.09. The molecule has 3 N–H and O–H groups in total. The maximum absolute atomic E-state index is 11.4. The van der Waals surface area contributed by atoms with Gasteiger partial charge in [-0.1, -0.05) is 0 Å². The molecule has 0 saturated carbocycles. The minimum atomic E-state index is -0.820. The number of carbonyl (C=O) groups excluding carboxylic acids is 1. The molecule has 1 aliphatic rings. The molecule has 92 valence electrons. The molecular formula is C10H18N2O3S. The molecule has 0 aromatic carbocycles. The third-order valence-corrected chi connectivity index (χ3v) is 3.45. The zero-order valence-electron chi connectivity index (χ0n) is 9.20. The van der Waals surface area contributed by atoms with Crippen molar-refractivity contribution in [3.63, 3.8) is 0 Å². The predicted molar refractivity (Wildman–Crippen MR) is 63.6 cm³/mol. The van der Waals surface area contributed by atoms with E-state index in [1.807, 2.05) is 11.8 Å². The molecule has 0 spiro atoms. The van der Waals surface area contributed by atoms with Crippen molar-refractivity contribution in [2.45, 2.75) is 25.3 Å². The number of thioether (sulfide) groups is 1. The summed E-state index contributed by atoms with van der Waals surface area (Å²) in [7, 11) is 0. The van der Waals surface area contributed by atoms with Crippen LogP contribution in [0.15, 0.2) is 0 Å². The molecule has 1 saturated heterocycles. The van der Waals surface area contributed by atoms with Crippen molar-refractivity contribution >= 4 is 23.6 Å². The maximum atomic E-state index is 11.4. The summed E-state index contributed by atoms with van der Waals surface area (Å²) < 4.78 is 0. The van der Waals surface area contributed by atoms with E-state index >= 15 is 0 Å². The molecule has 1 rings (SSSR count). The maximum Gasteiger partial charge on any atom is 0.303 e. The molecular weight excluding hydrogens is 228 g/mol. The van der Waals surface area contributed by atoms with Crippen LogP contribution in [0.4, 0.5) is 0 Å². The highest BCUT2D eigenvalue weighted by molar-refractivity contribution is 7.99. The highest BCUT2D eigenvalue weighted by atomic mass is 32.2. The van der Waals surface area contributed by atoms with Gasteiger partial charge < -0.3 is 15.7 Å². The first-order valence-electron chi connectivity index (χ1n) is 5.48. The first-order valence-corrected chi connectivity index (χ1v) is 6.63.